The number of hydrogen-bond donors (Lipinski definition) is 1. The van der Waals surface area contributed by atoms with Gasteiger partial charge in [-0.05, 0) is 58.1 Å². The number of rotatable bonds is 25. The second-order valence-electron chi connectivity index (χ2n) is 13.3. The van der Waals surface area contributed by atoms with Gasteiger partial charge in [0.2, 0.25) is 0 Å². The van der Waals surface area contributed by atoms with Crippen molar-refractivity contribution in [2.45, 2.75) is 52.5 Å². The molecule has 300 valence electrons. The van der Waals surface area contributed by atoms with E-state index in [0.717, 1.165) is 29.4 Å². The number of benzene rings is 1. The Kier molecular flexibility index (Phi) is 18.5. The van der Waals surface area contributed by atoms with Crippen LogP contribution in [0.1, 0.15) is 59.5 Å². The minimum Gasteiger partial charge on any atom is -0.496 e. The third-order valence-corrected chi connectivity index (χ3v) is 9.75. The van der Waals surface area contributed by atoms with Crippen LogP contribution in [0.5, 0.6) is 5.75 Å². The molecule has 1 saturated heterocycles. The highest BCUT2D eigenvalue weighted by Crippen LogP contribution is 2.36. The fourth-order valence-electron chi connectivity index (χ4n) is 6.92. The molecule has 3 aromatic rings. The lowest BCUT2D eigenvalue weighted by Crippen LogP contribution is -2.40. The highest BCUT2D eigenvalue weighted by molar-refractivity contribution is 6.09. The predicted molar refractivity (Wildman–Crippen MR) is 204 cm³/mol. The Bertz CT molecular complexity index is 1650. The van der Waals surface area contributed by atoms with Crippen LogP contribution in [0.4, 0.5) is 4.79 Å². The SMILES string of the molecule is COCCOCCOCCOCCOCCOCCOC(=O)N1CCC([C@@H](C)n2c(C)c(C(=O)CCc3c(OC)cc(C)[nH]c3=O)c3ccccc32)CC1. The van der Waals surface area contributed by atoms with Gasteiger partial charge in [-0.25, -0.2) is 4.79 Å². The van der Waals surface area contributed by atoms with Crippen molar-refractivity contribution in [2.24, 2.45) is 5.92 Å². The van der Waals surface area contributed by atoms with E-state index in [2.05, 4.69) is 22.5 Å². The van der Waals surface area contributed by atoms with E-state index in [-0.39, 0.29) is 42.9 Å². The van der Waals surface area contributed by atoms with Crippen molar-refractivity contribution in [1.82, 2.24) is 14.5 Å². The van der Waals surface area contributed by atoms with E-state index in [0.29, 0.717) is 114 Å². The van der Waals surface area contributed by atoms with Crippen LogP contribution in [0.3, 0.4) is 0 Å². The standard InChI is InChI=1S/C40H59N3O11/c1-29-28-37(48-5)34(39(45)41-29)10-11-36(44)38-31(3)43(35-9-7-6-8-33(35)38)30(2)32-12-14-42(15-13-32)40(46)54-27-26-53-25-24-52-23-22-51-21-20-50-19-18-49-17-16-47-4/h6-9,28,30,32H,10-27H2,1-5H3,(H,41,45)/t30-/m1/s1. The number of Topliss-reactive ketones (excluding diaryl/α,β-unsaturated/α-hetero) is 1. The number of nitrogens with one attached hydrogen (secondary N) is 1. The first kappa shape index (κ1) is 42.9. The lowest BCUT2D eigenvalue weighted by Gasteiger charge is -2.35. The first-order valence-electron chi connectivity index (χ1n) is 19.0. The summed E-state index contributed by atoms with van der Waals surface area (Å²) in [6.07, 6.45) is 1.76. The van der Waals surface area contributed by atoms with Crippen LogP contribution in [0.15, 0.2) is 35.1 Å². The summed E-state index contributed by atoms with van der Waals surface area (Å²) in [6.45, 7) is 12.6. The summed E-state index contributed by atoms with van der Waals surface area (Å²) in [6, 6.07) is 9.88. The third kappa shape index (κ3) is 12.6. The fraction of sp³-hybridized carbons (Fsp3) is 0.625. The van der Waals surface area contributed by atoms with Gasteiger partial charge >= 0.3 is 6.09 Å². The fourth-order valence-corrected chi connectivity index (χ4v) is 6.92. The highest BCUT2D eigenvalue weighted by atomic mass is 16.6. The van der Waals surface area contributed by atoms with Crippen molar-refractivity contribution in [3.8, 4) is 5.75 Å². The second-order valence-corrected chi connectivity index (χ2v) is 13.3. The quantitative estimate of drug-likeness (QED) is 0.0929. The number of ketones is 1. The molecule has 1 fully saturated rings. The molecule has 54 heavy (non-hydrogen) atoms. The van der Waals surface area contributed by atoms with Gasteiger partial charge in [-0.1, -0.05) is 18.2 Å². The second kappa shape index (κ2) is 23.2. The zero-order chi connectivity index (χ0) is 38.7. The number of carbonyl (C=O) groups excluding carboxylic acids is 2. The van der Waals surface area contributed by atoms with Crippen molar-refractivity contribution >= 4 is 22.8 Å². The molecule has 0 aliphatic carbocycles. The van der Waals surface area contributed by atoms with Gasteiger partial charge in [0.15, 0.2) is 5.78 Å². The number of aromatic amines is 1. The van der Waals surface area contributed by atoms with E-state index in [9.17, 15) is 14.4 Å². The number of piperidine rings is 1. The Hall–Kier alpha value is -3.79. The lowest BCUT2D eigenvalue weighted by molar-refractivity contribution is -0.0176. The van der Waals surface area contributed by atoms with E-state index in [1.54, 1.807) is 25.0 Å². The van der Waals surface area contributed by atoms with Crippen molar-refractivity contribution in [3.05, 3.63) is 63.2 Å². The summed E-state index contributed by atoms with van der Waals surface area (Å²) in [5.74, 6) is 0.792. The molecule has 14 heteroatoms. The van der Waals surface area contributed by atoms with Gasteiger partial charge < -0.3 is 52.3 Å². The summed E-state index contributed by atoms with van der Waals surface area (Å²) in [5, 5.41) is 0.911. The number of aromatic nitrogens is 2. The van der Waals surface area contributed by atoms with Crippen molar-refractivity contribution in [3.63, 3.8) is 0 Å². The van der Waals surface area contributed by atoms with Gasteiger partial charge in [-0.15, -0.1) is 0 Å². The molecule has 0 saturated carbocycles. The molecule has 2 aromatic heterocycles. The number of H-pyrrole nitrogens is 1. The number of aryl methyl sites for hydroxylation is 1. The first-order chi connectivity index (χ1) is 26.3. The molecule has 1 aliphatic heterocycles. The average Bonchev–Trinajstić information content (AvgIpc) is 3.47. The summed E-state index contributed by atoms with van der Waals surface area (Å²) >= 11 is 0. The lowest BCUT2D eigenvalue weighted by atomic mass is 9.90. The maximum absolute atomic E-state index is 13.8. The molecule has 4 rings (SSSR count). The molecule has 0 unspecified atom stereocenters. The first-order valence-corrected chi connectivity index (χ1v) is 19.0. The Morgan fingerprint density at radius 2 is 1.37 bits per heavy atom. The highest BCUT2D eigenvalue weighted by Gasteiger charge is 2.31. The van der Waals surface area contributed by atoms with Crippen molar-refractivity contribution in [2.75, 3.05) is 107 Å². The Morgan fingerprint density at radius 3 is 1.94 bits per heavy atom. The number of carbonyl (C=O) groups is 2. The number of amides is 1. The third-order valence-electron chi connectivity index (χ3n) is 9.75. The number of fused-ring (bicyclic) bond motifs is 1. The van der Waals surface area contributed by atoms with Crippen LogP contribution >= 0.6 is 0 Å². The van der Waals surface area contributed by atoms with Gasteiger partial charge in [0, 0.05) is 60.5 Å². The number of ether oxygens (including phenoxy) is 8. The summed E-state index contributed by atoms with van der Waals surface area (Å²) in [7, 11) is 3.17. The van der Waals surface area contributed by atoms with E-state index in [1.165, 1.54) is 7.11 Å². The Balaban J connectivity index is 1.13. The van der Waals surface area contributed by atoms with Crippen LogP contribution in [-0.2, 0) is 39.6 Å². The molecule has 1 amide bonds. The molecule has 14 nitrogen and oxygen atoms in total. The molecule has 0 bridgehead atoms. The van der Waals surface area contributed by atoms with Crippen LogP contribution in [0.25, 0.3) is 10.9 Å². The number of pyridine rings is 1. The molecule has 0 spiro atoms. The molecular formula is C40H59N3O11. The van der Waals surface area contributed by atoms with Gasteiger partial charge in [0.05, 0.1) is 85.3 Å². The van der Waals surface area contributed by atoms with Crippen LogP contribution in [-0.4, -0.2) is 133 Å². The van der Waals surface area contributed by atoms with E-state index >= 15 is 0 Å². The molecular weight excluding hydrogens is 698 g/mol. The zero-order valence-corrected chi connectivity index (χ0v) is 32.7. The number of hydrogen-bond acceptors (Lipinski definition) is 11. The normalized spacial score (nSPS) is 14.1. The largest absolute Gasteiger partial charge is 0.496 e. The van der Waals surface area contributed by atoms with Crippen molar-refractivity contribution < 1.29 is 47.5 Å². The monoisotopic (exact) mass is 757 g/mol. The van der Waals surface area contributed by atoms with Gasteiger partial charge in [-0.2, -0.15) is 0 Å². The number of para-hydroxylation sites is 1. The van der Waals surface area contributed by atoms with E-state index in [4.69, 9.17) is 37.9 Å². The van der Waals surface area contributed by atoms with Gasteiger partial charge in [-0.3, -0.25) is 9.59 Å². The Labute approximate surface area is 318 Å². The number of nitrogens with zero attached hydrogens (tertiary/aromatic N) is 2. The van der Waals surface area contributed by atoms with Crippen LogP contribution < -0.4 is 10.3 Å². The minimum absolute atomic E-state index is 0.00918. The summed E-state index contributed by atoms with van der Waals surface area (Å²) < 4.78 is 45.4. The summed E-state index contributed by atoms with van der Waals surface area (Å²) in [5.41, 5.74) is 3.56. The van der Waals surface area contributed by atoms with Crippen LogP contribution in [0.2, 0.25) is 0 Å². The molecule has 1 aliphatic rings. The minimum atomic E-state index is -0.333. The van der Waals surface area contributed by atoms with Crippen LogP contribution in [0, 0.1) is 19.8 Å². The van der Waals surface area contributed by atoms with Gasteiger partial charge in [0.25, 0.3) is 5.56 Å². The molecule has 3 heterocycles. The topological polar surface area (TPSA) is 149 Å². The van der Waals surface area contributed by atoms with Crippen molar-refractivity contribution in [1.29, 1.82) is 0 Å². The van der Waals surface area contributed by atoms with E-state index in [1.807, 2.05) is 25.1 Å². The molecule has 1 atom stereocenters. The molecule has 1 N–H and O–H groups in total. The van der Waals surface area contributed by atoms with E-state index < -0.39 is 0 Å². The smallest absolute Gasteiger partial charge is 0.409 e. The molecule has 1 aromatic carbocycles. The predicted octanol–water partition coefficient (Wildman–Crippen LogP) is 4.91. The maximum Gasteiger partial charge on any atom is 0.409 e. The maximum atomic E-state index is 13.8. The average molecular weight is 758 g/mol. The number of likely N-dealkylation sites (tertiary alicyclic amines) is 1. The molecule has 0 radical (unpaired) electrons. The number of methoxy groups -OCH3 is 2. The van der Waals surface area contributed by atoms with Gasteiger partial charge in [0.1, 0.15) is 12.4 Å². The Morgan fingerprint density at radius 1 is 0.815 bits per heavy atom. The zero-order valence-electron chi connectivity index (χ0n) is 32.7. The summed E-state index contributed by atoms with van der Waals surface area (Å²) in [4.78, 5) is 43.8.